The second kappa shape index (κ2) is 9.00. The Hall–Kier alpha value is -2.00. The van der Waals surface area contributed by atoms with Gasteiger partial charge in [-0.25, -0.2) is 0 Å². The largest absolute Gasteiger partial charge is 0.338 e. The molecule has 0 spiro atoms. The minimum absolute atomic E-state index is 0.164. The van der Waals surface area contributed by atoms with E-state index in [1.165, 1.54) is 0 Å². The third kappa shape index (κ3) is 5.08. The van der Waals surface area contributed by atoms with Crippen molar-refractivity contribution in [3.63, 3.8) is 0 Å². The average Bonchev–Trinajstić information content (AvgIpc) is 2.62. The van der Waals surface area contributed by atoms with Crippen molar-refractivity contribution in [2.45, 2.75) is 43.1 Å². The van der Waals surface area contributed by atoms with E-state index >= 15 is 0 Å². The maximum atomic E-state index is 12.4. The van der Waals surface area contributed by atoms with Crippen molar-refractivity contribution in [2.75, 3.05) is 19.6 Å². The molecule has 28 heavy (non-hydrogen) atoms. The summed E-state index contributed by atoms with van der Waals surface area (Å²) in [7, 11) is 0. The van der Waals surface area contributed by atoms with E-state index in [-0.39, 0.29) is 11.9 Å². The molecular formula is C22H24ClN3OS. The van der Waals surface area contributed by atoms with Crippen molar-refractivity contribution < 1.29 is 4.79 Å². The number of nitriles is 1. The standard InChI is InChI=1S/C22H24ClN3OS/c1-15(2)26-7-6-25(14-22(26)27)13-18-10-17(12-24)4-5-21(18)28-20-9-16(3)8-19(23)11-20/h4-5,8-11,15H,6-7,13-14H2,1-3H3. The number of halogens is 1. The Morgan fingerprint density at radius 2 is 2.00 bits per heavy atom. The third-order valence-corrected chi connectivity index (χ3v) is 6.09. The van der Waals surface area contributed by atoms with Crippen molar-refractivity contribution in [3.05, 3.63) is 58.1 Å². The molecule has 0 unspecified atom stereocenters. The lowest BCUT2D eigenvalue weighted by molar-refractivity contribution is -0.138. The van der Waals surface area contributed by atoms with Crippen molar-refractivity contribution in [3.8, 4) is 6.07 Å². The average molecular weight is 414 g/mol. The molecule has 1 amide bonds. The molecular weight excluding hydrogens is 390 g/mol. The van der Waals surface area contributed by atoms with Crippen molar-refractivity contribution >= 4 is 29.3 Å². The summed E-state index contributed by atoms with van der Waals surface area (Å²) in [5, 5.41) is 10.0. The van der Waals surface area contributed by atoms with Gasteiger partial charge in [0.25, 0.3) is 0 Å². The summed E-state index contributed by atoms with van der Waals surface area (Å²) in [6, 6.07) is 14.2. The first-order valence-electron chi connectivity index (χ1n) is 9.35. The summed E-state index contributed by atoms with van der Waals surface area (Å²) >= 11 is 7.85. The van der Waals surface area contributed by atoms with Gasteiger partial charge in [0.05, 0.1) is 18.2 Å². The molecule has 0 N–H and O–H groups in total. The number of piperazine rings is 1. The summed E-state index contributed by atoms with van der Waals surface area (Å²) in [5.41, 5.74) is 2.81. The van der Waals surface area contributed by atoms with Gasteiger partial charge in [-0.2, -0.15) is 5.26 Å². The van der Waals surface area contributed by atoms with Crippen LogP contribution in [0.15, 0.2) is 46.2 Å². The van der Waals surface area contributed by atoms with Crippen molar-refractivity contribution in [1.82, 2.24) is 9.80 Å². The lowest BCUT2D eigenvalue weighted by Gasteiger charge is -2.36. The second-order valence-corrected chi connectivity index (χ2v) is 8.94. The summed E-state index contributed by atoms with van der Waals surface area (Å²) in [4.78, 5) is 18.7. The predicted octanol–water partition coefficient (Wildman–Crippen LogP) is 4.72. The van der Waals surface area contributed by atoms with E-state index in [0.717, 1.165) is 34.0 Å². The van der Waals surface area contributed by atoms with E-state index < -0.39 is 0 Å². The number of hydrogen-bond acceptors (Lipinski definition) is 4. The van der Waals surface area contributed by atoms with E-state index in [1.54, 1.807) is 11.8 Å². The van der Waals surface area contributed by atoms with E-state index in [4.69, 9.17) is 11.6 Å². The summed E-state index contributed by atoms with van der Waals surface area (Å²) in [6.45, 7) is 8.75. The molecule has 146 valence electrons. The topological polar surface area (TPSA) is 47.3 Å². The van der Waals surface area contributed by atoms with Crippen LogP contribution < -0.4 is 0 Å². The number of carbonyl (C=O) groups excluding carboxylic acids is 1. The Morgan fingerprint density at radius 3 is 2.64 bits per heavy atom. The monoisotopic (exact) mass is 413 g/mol. The van der Waals surface area contributed by atoms with Gasteiger partial charge in [0.1, 0.15) is 0 Å². The van der Waals surface area contributed by atoms with Gasteiger partial charge in [-0.3, -0.25) is 9.69 Å². The summed E-state index contributed by atoms with van der Waals surface area (Å²) in [5.74, 6) is 0.164. The zero-order valence-corrected chi connectivity index (χ0v) is 18.0. The molecule has 1 heterocycles. The third-order valence-electron chi connectivity index (χ3n) is 4.79. The number of nitrogens with zero attached hydrogens (tertiary/aromatic N) is 3. The Bertz CT molecular complexity index is 902. The lowest BCUT2D eigenvalue weighted by atomic mass is 10.1. The van der Waals surface area contributed by atoms with Crippen LogP contribution in [0, 0.1) is 18.3 Å². The van der Waals surface area contributed by atoms with Crippen LogP contribution in [-0.2, 0) is 11.3 Å². The Morgan fingerprint density at radius 1 is 1.21 bits per heavy atom. The van der Waals surface area contributed by atoms with Crippen LogP contribution in [0.3, 0.4) is 0 Å². The highest BCUT2D eigenvalue weighted by molar-refractivity contribution is 7.99. The molecule has 1 aliphatic heterocycles. The molecule has 2 aromatic rings. The molecule has 1 fully saturated rings. The van der Waals surface area contributed by atoms with E-state index in [9.17, 15) is 10.1 Å². The minimum Gasteiger partial charge on any atom is -0.338 e. The number of aryl methyl sites for hydroxylation is 1. The fraction of sp³-hybridized carbons (Fsp3) is 0.364. The van der Waals surface area contributed by atoms with Crippen LogP contribution >= 0.6 is 23.4 Å². The number of benzene rings is 2. The van der Waals surface area contributed by atoms with Crippen LogP contribution in [-0.4, -0.2) is 41.4 Å². The van der Waals surface area contributed by atoms with E-state index in [2.05, 4.69) is 17.0 Å². The number of rotatable bonds is 5. The lowest BCUT2D eigenvalue weighted by Crippen LogP contribution is -2.52. The maximum absolute atomic E-state index is 12.4. The first-order chi connectivity index (χ1) is 13.4. The predicted molar refractivity (Wildman–Crippen MR) is 114 cm³/mol. The number of carbonyl (C=O) groups is 1. The Labute approximate surface area is 176 Å². The highest BCUT2D eigenvalue weighted by Gasteiger charge is 2.26. The van der Waals surface area contributed by atoms with Gasteiger partial charge in [-0.15, -0.1) is 0 Å². The summed E-state index contributed by atoms with van der Waals surface area (Å²) in [6.07, 6.45) is 0. The smallest absolute Gasteiger partial charge is 0.237 e. The molecule has 0 aromatic heterocycles. The molecule has 0 aliphatic carbocycles. The zero-order chi connectivity index (χ0) is 20.3. The van der Waals surface area contributed by atoms with Crippen LogP contribution in [0.1, 0.15) is 30.5 Å². The molecule has 3 rings (SSSR count). The molecule has 0 bridgehead atoms. The van der Waals surface area contributed by atoms with Gasteiger partial charge in [0, 0.05) is 40.5 Å². The quantitative estimate of drug-likeness (QED) is 0.711. The highest BCUT2D eigenvalue weighted by Crippen LogP contribution is 2.34. The fourth-order valence-corrected chi connectivity index (χ4v) is 4.85. The molecule has 0 atom stereocenters. The zero-order valence-electron chi connectivity index (χ0n) is 16.4. The van der Waals surface area contributed by atoms with Crippen LogP contribution in [0.5, 0.6) is 0 Å². The Balaban J connectivity index is 1.82. The molecule has 0 radical (unpaired) electrons. The molecule has 1 saturated heterocycles. The van der Waals surface area contributed by atoms with Crippen molar-refractivity contribution in [1.29, 1.82) is 5.26 Å². The van der Waals surface area contributed by atoms with Crippen molar-refractivity contribution in [2.24, 2.45) is 0 Å². The molecule has 0 saturated carbocycles. The molecule has 2 aromatic carbocycles. The molecule has 4 nitrogen and oxygen atoms in total. The minimum atomic E-state index is 0.164. The van der Waals surface area contributed by atoms with E-state index in [0.29, 0.717) is 23.7 Å². The first-order valence-corrected chi connectivity index (χ1v) is 10.5. The Kier molecular flexibility index (Phi) is 6.66. The van der Waals surface area contributed by atoms with Gasteiger partial charge in [-0.05, 0) is 68.3 Å². The SMILES string of the molecule is Cc1cc(Cl)cc(Sc2ccc(C#N)cc2CN2CCN(C(C)C)C(=O)C2)c1. The normalized spacial score (nSPS) is 15.1. The first kappa shape index (κ1) is 20.7. The molecule has 1 aliphatic rings. The highest BCUT2D eigenvalue weighted by atomic mass is 35.5. The van der Waals surface area contributed by atoms with Gasteiger partial charge in [0.2, 0.25) is 5.91 Å². The van der Waals surface area contributed by atoms with Crippen LogP contribution in [0.2, 0.25) is 5.02 Å². The maximum Gasteiger partial charge on any atom is 0.237 e. The van der Waals surface area contributed by atoms with Gasteiger partial charge < -0.3 is 4.90 Å². The number of amides is 1. The van der Waals surface area contributed by atoms with Crippen LogP contribution in [0.25, 0.3) is 0 Å². The van der Waals surface area contributed by atoms with Crippen LogP contribution in [0.4, 0.5) is 0 Å². The van der Waals surface area contributed by atoms with Gasteiger partial charge >= 0.3 is 0 Å². The summed E-state index contributed by atoms with van der Waals surface area (Å²) < 4.78 is 0. The van der Waals surface area contributed by atoms with Gasteiger partial charge in [0.15, 0.2) is 0 Å². The van der Waals surface area contributed by atoms with Gasteiger partial charge in [-0.1, -0.05) is 23.4 Å². The fourth-order valence-electron chi connectivity index (χ4n) is 3.42. The molecule has 6 heteroatoms. The number of hydrogen-bond donors (Lipinski definition) is 0. The van der Waals surface area contributed by atoms with E-state index in [1.807, 2.05) is 56.0 Å². The second-order valence-electron chi connectivity index (χ2n) is 7.39.